The molecule has 2 atom stereocenters. The second-order valence-corrected chi connectivity index (χ2v) is 3.91. The molecule has 0 heterocycles. The molecule has 2 amide bonds. The monoisotopic (exact) mass is 316 g/mol. The Morgan fingerprint density at radius 1 is 0.864 bits per heavy atom. The number of aliphatic carboxylic acids is 2. The average molecular weight is 316 g/mol. The summed E-state index contributed by atoms with van der Waals surface area (Å²) in [6.07, 6.45) is -1.89. The predicted molar refractivity (Wildman–Crippen MR) is 70.9 cm³/mol. The minimum absolute atomic E-state index is 0.325. The first-order valence-electron chi connectivity index (χ1n) is 6.02. The summed E-state index contributed by atoms with van der Waals surface area (Å²) < 4.78 is 9.09. The van der Waals surface area contributed by atoms with Crippen LogP contribution in [-0.2, 0) is 19.1 Å². The van der Waals surface area contributed by atoms with E-state index < -0.39 is 36.2 Å². The first kappa shape index (κ1) is 19.0. The molecule has 122 valence electrons. The van der Waals surface area contributed by atoms with Crippen molar-refractivity contribution < 1.29 is 38.9 Å². The van der Waals surface area contributed by atoms with Crippen LogP contribution in [0.3, 0.4) is 0 Å². The van der Waals surface area contributed by atoms with Gasteiger partial charge in [0.1, 0.15) is 12.1 Å². The number of carboxylic acids is 2. The van der Waals surface area contributed by atoms with Gasteiger partial charge in [0.25, 0.3) is 0 Å². The number of amides is 2. The molecule has 10 heteroatoms. The Morgan fingerprint density at radius 2 is 1.18 bits per heavy atom. The van der Waals surface area contributed by atoms with Gasteiger partial charge in [-0.1, -0.05) is 11.8 Å². The molecule has 22 heavy (non-hydrogen) atoms. The zero-order chi connectivity index (χ0) is 17.1. The van der Waals surface area contributed by atoms with Crippen molar-refractivity contribution in [1.82, 2.24) is 10.6 Å². The number of carboxylic acid groups (broad SMARTS) is 2. The van der Waals surface area contributed by atoms with Gasteiger partial charge in [0, 0.05) is 0 Å². The van der Waals surface area contributed by atoms with Gasteiger partial charge >= 0.3 is 24.1 Å². The summed E-state index contributed by atoms with van der Waals surface area (Å²) in [6, 6.07) is -2.19. The number of carbonyl (C=O) groups excluding carboxylic acids is 2. The van der Waals surface area contributed by atoms with Crippen LogP contribution in [0.4, 0.5) is 9.59 Å². The Labute approximate surface area is 125 Å². The van der Waals surface area contributed by atoms with Crippen LogP contribution in [0.2, 0.25) is 0 Å². The maximum Gasteiger partial charge on any atom is 0.408 e. The number of carbonyl (C=O) groups is 4. The van der Waals surface area contributed by atoms with E-state index in [2.05, 4.69) is 21.3 Å². The molecule has 0 saturated carbocycles. The third kappa shape index (κ3) is 9.03. The fourth-order valence-corrected chi connectivity index (χ4v) is 0.866. The molecule has 0 aliphatic rings. The van der Waals surface area contributed by atoms with Crippen LogP contribution in [-0.4, -0.2) is 59.6 Å². The van der Waals surface area contributed by atoms with E-state index in [1.54, 1.807) is 0 Å². The number of rotatable bonds is 6. The molecule has 0 unspecified atom stereocenters. The first-order valence-corrected chi connectivity index (χ1v) is 6.02. The average Bonchev–Trinajstić information content (AvgIpc) is 2.42. The van der Waals surface area contributed by atoms with E-state index in [9.17, 15) is 19.2 Å². The highest BCUT2D eigenvalue weighted by molar-refractivity contribution is 5.80. The highest BCUT2D eigenvalue weighted by atomic mass is 16.6. The number of nitrogens with one attached hydrogen (secondary N) is 2. The maximum atomic E-state index is 11.1. The van der Waals surface area contributed by atoms with Crippen LogP contribution in [0.15, 0.2) is 0 Å². The lowest BCUT2D eigenvalue weighted by atomic mass is 10.4. The molecule has 0 fully saturated rings. The Kier molecular flexibility index (Phi) is 8.54. The minimum atomic E-state index is -1.21. The van der Waals surface area contributed by atoms with Crippen molar-refractivity contribution in [3.8, 4) is 11.8 Å². The van der Waals surface area contributed by atoms with Crippen LogP contribution >= 0.6 is 0 Å². The Bertz CT molecular complexity index is 451. The van der Waals surface area contributed by atoms with Crippen molar-refractivity contribution in [2.24, 2.45) is 0 Å². The van der Waals surface area contributed by atoms with E-state index >= 15 is 0 Å². The highest BCUT2D eigenvalue weighted by Gasteiger charge is 2.14. The summed E-state index contributed by atoms with van der Waals surface area (Å²) in [6.45, 7) is 1.88. The van der Waals surface area contributed by atoms with Crippen molar-refractivity contribution in [2.75, 3.05) is 13.2 Å². The van der Waals surface area contributed by atoms with Crippen molar-refractivity contribution in [3.05, 3.63) is 0 Å². The van der Waals surface area contributed by atoms with Gasteiger partial charge in [0.2, 0.25) is 0 Å². The van der Waals surface area contributed by atoms with Crippen LogP contribution in [0.5, 0.6) is 0 Å². The van der Waals surface area contributed by atoms with Gasteiger partial charge < -0.3 is 30.3 Å². The Morgan fingerprint density at radius 3 is 1.45 bits per heavy atom. The molecule has 0 aliphatic heterocycles. The van der Waals surface area contributed by atoms with Gasteiger partial charge in [-0.15, -0.1) is 0 Å². The molecular weight excluding hydrogens is 300 g/mol. The zero-order valence-corrected chi connectivity index (χ0v) is 11.9. The van der Waals surface area contributed by atoms with Crippen molar-refractivity contribution in [3.63, 3.8) is 0 Å². The second kappa shape index (κ2) is 9.87. The van der Waals surface area contributed by atoms with Crippen LogP contribution in [0, 0.1) is 11.8 Å². The lowest BCUT2D eigenvalue weighted by molar-refractivity contribution is -0.139. The molecule has 4 N–H and O–H groups in total. The molecule has 0 aromatic carbocycles. The van der Waals surface area contributed by atoms with Gasteiger partial charge in [0.15, 0.2) is 13.2 Å². The summed E-state index contributed by atoms with van der Waals surface area (Å²) in [5.74, 6) is 2.28. The molecule has 0 spiro atoms. The van der Waals surface area contributed by atoms with Crippen LogP contribution < -0.4 is 10.6 Å². The quantitative estimate of drug-likeness (QED) is 0.474. The van der Waals surface area contributed by atoms with Gasteiger partial charge in [0.05, 0.1) is 0 Å². The SMILES string of the molecule is C[C@H](NC(=O)OCC#CCOC(=O)N[C@@H](C)C(=O)O)C(=O)O. The lowest BCUT2D eigenvalue weighted by Gasteiger charge is -2.08. The molecule has 0 aromatic heterocycles. The summed E-state index contributed by atoms with van der Waals surface area (Å²) in [4.78, 5) is 43.0. The summed E-state index contributed by atoms with van der Waals surface area (Å²) in [5, 5.41) is 21.1. The Balaban J connectivity index is 3.85. The highest BCUT2D eigenvalue weighted by Crippen LogP contribution is 1.85. The molecular formula is C12H16N2O8. The maximum absolute atomic E-state index is 11.1. The third-order valence-electron chi connectivity index (χ3n) is 2.09. The van der Waals surface area contributed by atoms with Gasteiger partial charge in [-0.3, -0.25) is 9.59 Å². The summed E-state index contributed by atoms with van der Waals surface area (Å²) >= 11 is 0. The largest absolute Gasteiger partial charge is 0.480 e. The van der Waals surface area contributed by atoms with Gasteiger partial charge in [-0.05, 0) is 13.8 Å². The second-order valence-electron chi connectivity index (χ2n) is 3.91. The van der Waals surface area contributed by atoms with E-state index in [1.165, 1.54) is 13.8 Å². The fraction of sp³-hybridized carbons (Fsp3) is 0.500. The van der Waals surface area contributed by atoms with E-state index in [0.717, 1.165) is 0 Å². The molecule has 0 saturated heterocycles. The van der Waals surface area contributed by atoms with Crippen molar-refractivity contribution >= 4 is 24.1 Å². The molecule has 0 aliphatic carbocycles. The Hall–Kier alpha value is -2.96. The van der Waals surface area contributed by atoms with E-state index in [-0.39, 0.29) is 13.2 Å². The van der Waals surface area contributed by atoms with Crippen molar-refractivity contribution in [2.45, 2.75) is 25.9 Å². The molecule has 10 nitrogen and oxygen atoms in total. The number of ether oxygens (including phenoxy) is 2. The number of alkyl carbamates (subject to hydrolysis) is 2. The predicted octanol–water partition coefficient (Wildman–Crippen LogP) is -0.612. The smallest absolute Gasteiger partial charge is 0.408 e. The normalized spacial score (nSPS) is 11.9. The molecule has 0 bridgehead atoms. The summed E-state index contributed by atoms with van der Waals surface area (Å²) in [7, 11) is 0. The number of hydrogen-bond acceptors (Lipinski definition) is 6. The van der Waals surface area contributed by atoms with Crippen molar-refractivity contribution in [1.29, 1.82) is 0 Å². The molecule has 0 radical (unpaired) electrons. The number of hydrogen-bond donors (Lipinski definition) is 4. The van der Waals surface area contributed by atoms with E-state index in [4.69, 9.17) is 10.2 Å². The zero-order valence-electron chi connectivity index (χ0n) is 11.9. The minimum Gasteiger partial charge on any atom is -0.480 e. The standard InChI is InChI=1S/C12H16N2O8/c1-7(9(15)16)13-11(19)21-5-3-4-6-22-12(20)14-8(2)10(17)18/h7-8H,5-6H2,1-2H3,(H,13,19)(H,14,20)(H,15,16)(H,17,18)/t7-,8-/m0/s1. The third-order valence-corrected chi connectivity index (χ3v) is 2.09. The van der Waals surface area contributed by atoms with Crippen LogP contribution in [0.25, 0.3) is 0 Å². The van der Waals surface area contributed by atoms with E-state index in [0.29, 0.717) is 0 Å². The van der Waals surface area contributed by atoms with E-state index in [1.807, 2.05) is 10.6 Å². The lowest BCUT2D eigenvalue weighted by Crippen LogP contribution is -2.38. The molecule has 0 rings (SSSR count). The van der Waals surface area contributed by atoms with Gasteiger partial charge in [-0.2, -0.15) is 0 Å². The van der Waals surface area contributed by atoms with Gasteiger partial charge in [-0.25, -0.2) is 9.59 Å². The van der Waals surface area contributed by atoms with Crippen LogP contribution in [0.1, 0.15) is 13.8 Å². The summed E-state index contributed by atoms with van der Waals surface area (Å²) in [5.41, 5.74) is 0. The first-order chi connectivity index (χ1) is 10.2. The molecule has 0 aromatic rings. The fourth-order valence-electron chi connectivity index (χ4n) is 0.866. The topological polar surface area (TPSA) is 151 Å².